The van der Waals surface area contributed by atoms with Crippen molar-refractivity contribution >= 4 is 22.6 Å². The number of carbonyl (C=O) groups is 1. The summed E-state index contributed by atoms with van der Waals surface area (Å²) in [5, 5.41) is 0. The van der Waals surface area contributed by atoms with E-state index in [1.165, 1.54) is 11.0 Å². The van der Waals surface area contributed by atoms with Crippen molar-refractivity contribution in [3.63, 3.8) is 0 Å². The lowest BCUT2D eigenvalue weighted by molar-refractivity contribution is -0.117. The first-order valence-corrected chi connectivity index (χ1v) is 10.4. The van der Waals surface area contributed by atoms with Gasteiger partial charge in [0, 0.05) is 18.9 Å². The minimum absolute atomic E-state index is 0.0887. The zero-order valence-corrected chi connectivity index (χ0v) is 16.9. The summed E-state index contributed by atoms with van der Waals surface area (Å²) in [6.07, 6.45) is 0.303. The Hall–Kier alpha value is -3.67. The van der Waals surface area contributed by atoms with Crippen molar-refractivity contribution < 1.29 is 13.9 Å². The molecule has 0 radical (unpaired) electrons. The summed E-state index contributed by atoms with van der Waals surface area (Å²) in [7, 11) is 0. The molecule has 3 aromatic carbocycles. The second-order valence-corrected chi connectivity index (χ2v) is 7.63. The number of hydrogen-bond acceptors (Lipinski definition) is 3. The average molecular weight is 415 g/mol. The number of rotatable bonds is 6. The fourth-order valence-corrected chi connectivity index (χ4v) is 4.20. The van der Waals surface area contributed by atoms with Crippen LogP contribution in [0, 0.1) is 5.82 Å². The number of fused-ring (bicyclic) bond motifs is 1. The monoisotopic (exact) mass is 415 g/mol. The molecule has 1 fully saturated rings. The van der Waals surface area contributed by atoms with E-state index in [0.29, 0.717) is 31.8 Å². The third kappa shape index (κ3) is 3.77. The van der Waals surface area contributed by atoms with Gasteiger partial charge < -0.3 is 14.2 Å². The first-order valence-electron chi connectivity index (χ1n) is 10.4. The van der Waals surface area contributed by atoms with Gasteiger partial charge in [-0.25, -0.2) is 9.37 Å². The van der Waals surface area contributed by atoms with Crippen LogP contribution in [0.3, 0.4) is 0 Å². The van der Waals surface area contributed by atoms with Crippen molar-refractivity contribution in [3.05, 3.63) is 90.5 Å². The lowest BCUT2D eigenvalue weighted by Gasteiger charge is -2.18. The minimum atomic E-state index is -0.388. The van der Waals surface area contributed by atoms with E-state index < -0.39 is 0 Å². The number of imidazole rings is 1. The van der Waals surface area contributed by atoms with E-state index in [2.05, 4.69) is 4.57 Å². The van der Waals surface area contributed by atoms with Gasteiger partial charge in [-0.15, -0.1) is 0 Å². The Morgan fingerprint density at radius 3 is 2.55 bits per heavy atom. The highest BCUT2D eigenvalue weighted by Crippen LogP contribution is 2.34. The number of nitrogens with zero attached hydrogens (tertiary/aromatic N) is 3. The van der Waals surface area contributed by atoms with Crippen molar-refractivity contribution in [2.75, 3.05) is 18.1 Å². The molecule has 1 aliphatic heterocycles. The molecule has 5 nitrogen and oxygen atoms in total. The summed E-state index contributed by atoms with van der Waals surface area (Å²) in [6, 6.07) is 24.0. The Morgan fingerprint density at radius 1 is 0.968 bits per heavy atom. The third-order valence-corrected chi connectivity index (χ3v) is 5.64. The van der Waals surface area contributed by atoms with E-state index in [1.54, 1.807) is 18.2 Å². The van der Waals surface area contributed by atoms with E-state index >= 15 is 0 Å². The first-order chi connectivity index (χ1) is 15.2. The van der Waals surface area contributed by atoms with Crippen LogP contribution < -0.4 is 9.64 Å². The number of hydrogen-bond donors (Lipinski definition) is 0. The molecule has 6 heteroatoms. The van der Waals surface area contributed by atoms with Gasteiger partial charge in [0.2, 0.25) is 5.91 Å². The second kappa shape index (κ2) is 8.22. The van der Waals surface area contributed by atoms with Crippen molar-refractivity contribution in [2.45, 2.75) is 18.9 Å². The summed E-state index contributed by atoms with van der Waals surface area (Å²) in [5.74, 6) is 1.06. The Labute approximate surface area is 179 Å². The molecular weight excluding hydrogens is 393 g/mol. The van der Waals surface area contributed by atoms with Crippen molar-refractivity contribution in [3.8, 4) is 5.75 Å². The van der Waals surface area contributed by atoms with E-state index in [4.69, 9.17) is 9.72 Å². The smallest absolute Gasteiger partial charge is 0.227 e. The molecule has 0 saturated carbocycles. The van der Waals surface area contributed by atoms with Gasteiger partial charge in [0.15, 0.2) is 0 Å². The maximum Gasteiger partial charge on any atom is 0.227 e. The molecule has 1 amide bonds. The predicted octanol–water partition coefficient (Wildman–Crippen LogP) is 4.77. The Morgan fingerprint density at radius 2 is 1.71 bits per heavy atom. The molecule has 1 saturated heterocycles. The van der Waals surface area contributed by atoms with E-state index in [-0.39, 0.29) is 17.6 Å². The zero-order valence-electron chi connectivity index (χ0n) is 16.9. The molecule has 0 bridgehead atoms. The van der Waals surface area contributed by atoms with Crippen LogP contribution in [0.4, 0.5) is 10.1 Å². The standard InChI is InChI=1S/C25H22FN3O2/c26-20-10-4-6-12-22(20)29-17-18(16-24(29)30)25-27-21-11-5-7-13-23(21)28(25)14-15-31-19-8-2-1-3-9-19/h1-13,18H,14-17H2/t18-/m1/s1. The van der Waals surface area contributed by atoms with E-state index in [0.717, 1.165) is 22.6 Å². The maximum absolute atomic E-state index is 14.3. The Balaban J connectivity index is 1.42. The fourth-order valence-electron chi connectivity index (χ4n) is 4.20. The van der Waals surface area contributed by atoms with Gasteiger partial charge >= 0.3 is 0 Å². The second-order valence-electron chi connectivity index (χ2n) is 7.63. The summed E-state index contributed by atoms with van der Waals surface area (Å²) in [6.45, 7) is 1.49. The van der Waals surface area contributed by atoms with E-state index in [1.807, 2.05) is 54.6 Å². The molecular formula is C25H22FN3O2. The molecule has 0 unspecified atom stereocenters. The van der Waals surface area contributed by atoms with Gasteiger partial charge in [-0.1, -0.05) is 42.5 Å². The summed E-state index contributed by atoms with van der Waals surface area (Å²) in [5.41, 5.74) is 2.21. The number of ether oxygens (including phenoxy) is 1. The Bertz CT molecular complexity index is 1220. The topological polar surface area (TPSA) is 47.4 Å². The predicted molar refractivity (Wildman–Crippen MR) is 118 cm³/mol. The fraction of sp³-hybridized carbons (Fsp3) is 0.200. The van der Waals surface area contributed by atoms with Crippen molar-refractivity contribution in [1.29, 1.82) is 0 Å². The SMILES string of the molecule is O=C1C[C@@H](c2nc3ccccc3n2CCOc2ccccc2)CN1c1ccccc1F. The quantitative estimate of drug-likeness (QED) is 0.456. The van der Waals surface area contributed by atoms with Crippen LogP contribution in [0.25, 0.3) is 11.0 Å². The normalized spacial score (nSPS) is 16.2. The molecule has 1 atom stereocenters. The molecule has 5 rings (SSSR count). The van der Waals surface area contributed by atoms with Crippen LogP contribution in [0.5, 0.6) is 5.75 Å². The number of aromatic nitrogens is 2. The number of amides is 1. The first kappa shape index (κ1) is 19.3. The highest BCUT2D eigenvalue weighted by atomic mass is 19.1. The van der Waals surface area contributed by atoms with Gasteiger partial charge in [0.05, 0.1) is 23.3 Å². The van der Waals surface area contributed by atoms with Crippen LogP contribution in [0.1, 0.15) is 18.2 Å². The van der Waals surface area contributed by atoms with Gasteiger partial charge in [0.1, 0.15) is 24.0 Å². The zero-order chi connectivity index (χ0) is 21.2. The molecule has 0 N–H and O–H groups in total. The number of halogens is 1. The molecule has 0 spiro atoms. The number of para-hydroxylation sites is 4. The lowest BCUT2D eigenvalue weighted by Crippen LogP contribution is -2.25. The molecule has 31 heavy (non-hydrogen) atoms. The minimum Gasteiger partial charge on any atom is -0.492 e. The van der Waals surface area contributed by atoms with E-state index in [9.17, 15) is 9.18 Å². The van der Waals surface area contributed by atoms with Crippen molar-refractivity contribution in [1.82, 2.24) is 9.55 Å². The highest BCUT2D eigenvalue weighted by molar-refractivity contribution is 5.96. The molecule has 4 aromatic rings. The molecule has 1 aliphatic rings. The van der Waals surface area contributed by atoms with Crippen LogP contribution in [0.15, 0.2) is 78.9 Å². The highest BCUT2D eigenvalue weighted by Gasteiger charge is 2.35. The number of carbonyl (C=O) groups excluding carboxylic acids is 1. The van der Waals surface area contributed by atoms with Gasteiger partial charge in [-0.2, -0.15) is 0 Å². The summed E-state index contributed by atoms with van der Waals surface area (Å²) >= 11 is 0. The molecule has 156 valence electrons. The molecule has 0 aliphatic carbocycles. The Kier molecular flexibility index (Phi) is 5.12. The third-order valence-electron chi connectivity index (χ3n) is 5.64. The summed E-state index contributed by atoms with van der Waals surface area (Å²) in [4.78, 5) is 19.1. The van der Waals surface area contributed by atoms with Crippen molar-refractivity contribution in [2.24, 2.45) is 0 Å². The van der Waals surface area contributed by atoms with Gasteiger partial charge in [-0.3, -0.25) is 4.79 Å². The number of benzene rings is 3. The lowest BCUT2D eigenvalue weighted by atomic mass is 10.1. The molecule has 1 aromatic heterocycles. The van der Waals surface area contributed by atoms with Crippen LogP contribution in [0.2, 0.25) is 0 Å². The molecule has 2 heterocycles. The largest absolute Gasteiger partial charge is 0.492 e. The van der Waals surface area contributed by atoms with Gasteiger partial charge in [-0.05, 0) is 36.4 Å². The maximum atomic E-state index is 14.3. The average Bonchev–Trinajstić information content (AvgIpc) is 3.35. The van der Waals surface area contributed by atoms with Crippen LogP contribution in [-0.4, -0.2) is 28.6 Å². The van der Waals surface area contributed by atoms with Crippen LogP contribution >= 0.6 is 0 Å². The summed E-state index contributed by atoms with van der Waals surface area (Å²) < 4.78 is 22.3. The number of anilines is 1. The van der Waals surface area contributed by atoms with Crippen LogP contribution in [-0.2, 0) is 11.3 Å². The van der Waals surface area contributed by atoms with Gasteiger partial charge in [0.25, 0.3) is 0 Å².